The summed E-state index contributed by atoms with van der Waals surface area (Å²) >= 11 is 0. The second-order valence-corrected chi connectivity index (χ2v) is 9.94. The summed E-state index contributed by atoms with van der Waals surface area (Å²) in [4.78, 5) is 26.2. The van der Waals surface area contributed by atoms with Crippen molar-refractivity contribution in [2.75, 3.05) is 28.7 Å². The fourth-order valence-corrected chi connectivity index (χ4v) is 4.70. The van der Waals surface area contributed by atoms with Crippen molar-refractivity contribution in [1.82, 2.24) is 15.3 Å². The zero-order chi connectivity index (χ0) is 30.0. The maximum absolute atomic E-state index is 13.8. The zero-order valence-electron chi connectivity index (χ0n) is 22.9. The van der Waals surface area contributed by atoms with Gasteiger partial charge in [-0.15, -0.1) is 0 Å². The summed E-state index contributed by atoms with van der Waals surface area (Å²) in [6, 6.07) is 14.8. The first kappa shape index (κ1) is 28.5. The summed E-state index contributed by atoms with van der Waals surface area (Å²) in [6.45, 7) is 2.72. The van der Waals surface area contributed by atoms with E-state index >= 15 is 0 Å². The number of pyridine rings is 1. The lowest BCUT2D eigenvalue weighted by molar-refractivity contribution is -0.137. The lowest BCUT2D eigenvalue weighted by atomic mass is 10.1. The van der Waals surface area contributed by atoms with E-state index in [4.69, 9.17) is 20.5 Å². The van der Waals surface area contributed by atoms with Crippen molar-refractivity contribution in [2.45, 2.75) is 32.1 Å². The molecule has 2 aromatic heterocycles. The van der Waals surface area contributed by atoms with Crippen LogP contribution in [0.5, 0.6) is 0 Å². The van der Waals surface area contributed by atoms with Crippen LogP contribution in [-0.2, 0) is 12.7 Å². The van der Waals surface area contributed by atoms with Gasteiger partial charge >= 0.3 is 12.2 Å². The van der Waals surface area contributed by atoms with Crippen molar-refractivity contribution in [3.63, 3.8) is 0 Å². The second-order valence-electron chi connectivity index (χ2n) is 9.94. The normalized spacial score (nSPS) is 15.1. The molecule has 3 heterocycles. The van der Waals surface area contributed by atoms with Gasteiger partial charge in [-0.3, -0.25) is 10.3 Å². The van der Waals surface area contributed by atoms with Gasteiger partial charge in [0, 0.05) is 36.4 Å². The molecule has 0 saturated heterocycles. The van der Waals surface area contributed by atoms with Crippen LogP contribution in [0.1, 0.15) is 24.8 Å². The number of nitrogens with zero attached hydrogens (tertiary/aromatic N) is 4. The fraction of sp³-hybridized carbons (Fsp3) is 0.241. The molecule has 0 spiro atoms. The monoisotopic (exact) mass is 578 g/mol. The average Bonchev–Trinajstić information content (AvgIpc) is 3.39. The smallest absolute Gasteiger partial charge is 0.416 e. The number of nitrogens with two attached hydrogens (primary N) is 1. The Morgan fingerprint density at radius 3 is 2.67 bits per heavy atom. The number of oxazole rings is 1. The number of amides is 2. The van der Waals surface area contributed by atoms with E-state index in [-0.39, 0.29) is 18.5 Å². The summed E-state index contributed by atoms with van der Waals surface area (Å²) in [6.07, 6.45) is -2.30. The van der Waals surface area contributed by atoms with Crippen LogP contribution in [0.25, 0.3) is 22.6 Å². The average molecular weight is 579 g/mol. The van der Waals surface area contributed by atoms with Gasteiger partial charge in [-0.2, -0.15) is 13.2 Å². The Labute approximate surface area is 239 Å². The summed E-state index contributed by atoms with van der Waals surface area (Å²) in [5.41, 5.74) is 7.01. The number of carbonyl (C=O) groups is 1. The zero-order valence-corrected chi connectivity index (χ0v) is 22.9. The highest BCUT2D eigenvalue weighted by Crippen LogP contribution is 2.37. The maximum atomic E-state index is 13.8. The molecule has 0 unspecified atom stereocenters. The van der Waals surface area contributed by atoms with E-state index in [2.05, 4.69) is 15.6 Å². The molecule has 0 radical (unpaired) electrons. The van der Waals surface area contributed by atoms with Gasteiger partial charge in [0.2, 0.25) is 5.89 Å². The number of alkyl halides is 3. The number of hydrogen-bond acceptors (Lipinski definition) is 6. The molecule has 2 amide bonds. The van der Waals surface area contributed by atoms with Gasteiger partial charge < -0.3 is 25.7 Å². The highest BCUT2D eigenvalue weighted by Gasteiger charge is 2.32. The SMILES string of the molecule is C[C@@H]1CCN(C)c2ccc(-c3cccc(C(F)(F)F)c3)nc2N1C(=O)Nc1cccc(-c2cnc(CNC(=N)N)o2)c1. The van der Waals surface area contributed by atoms with Gasteiger partial charge in [0.1, 0.15) is 0 Å². The quantitative estimate of drug-likeness (QED) is 0.177. The predicted octanol–water partition coefficient (Wildman–Crippen LogP) is 5.67. The Morgan fingerprint density at radius 2 is 1.90 bits per heavy atom. The minimum absolute atomic E-state index is 0.155. The summed E-state index contributed by atoms with van der Waals surface area (Å²) in [5, 5.41) is 12.8. The number of rotatable bonds is 5. The maximum Gasteiger partial charge on any atom is 0.416 e. The van der Waals surface area contributed by atoms with Crippen LogP contribution < -0.4 is 26.2 Å². The van der Waals surface area contributed by atoms with Crippen LogP contribution in [0.2, 0.25) is 0 Å². The molecule has 10 nitrogen and oxygen atoms in total. The summed E-state index contributed by atoms with van der Waals surface area (Å²) in [7, 11) is 1.89. The van der Waals surface area contributed by atoms with Crippen LogP contribution in [0.3, 0.4) is 0 Å². The Bertz CT molecular complexity index is 1620. The summed E-state index contributed by atoms with van der Waals surface area (Å²) < 4.78 is 45.9. The molecule has 1 aliphatic rings. The largest absolute Gasteiger partial charge is 0.439 e. The van der Waals surface area contributed by atoms with E-state index < -0.39 is 17.8 Å². The Kier molecular flexibility index (Phi) is 7.74. The lowest BCUT2D eigenvalue weighted by Crippen LogP contribution is -2.42. The van der Waals surface area contributed by atoms with Gasteiger partial charge in [-0.05, 0) is 49.7 Å². The number of fused-ring (bicyclic) bond motifs is 1. The van der Waals surface area contributed by atoms with Crippen molar-refractivity contribution in [1.29, 1.82) is 5.41 Å². The van der Waals surface area contributed by atoms with Crippen molar-refractivity contribution < 1.29 is 22.4 Å². The molecule has 4 aromatic rings. The molecular weight excluding hydrogens is 549 g/mol. The number of benzene rings is 2. The molecule has 5 N–H and O–H groups in total. The molecular formula is C29H29F3N8O2. The molecule has 0 saturated carbocycles. The number of nitrogens with one attached hydrogen (secondary N) is 3. The molecule has 2 aromatic carbocycles. The highest BCUT2D eigenvalue weighted by atomic mass is 19.4. The van der Waals surface area contributed by atoms with E-state index in [1.165, 1.54) is 6.07 Å². The minimum atomic E-state index is -4.49. The first-order chi connectivity index (χ1) is 20.0. The van der Waals surface area contributed by atoms with Crippen LogP contribution in [0, 0.1) is 5.41 Å². The number of urea groups is 1. The van der Waals surface area contributed by atoms with Crippen molar-refractivity contribution in [3.8, 4) is 22.6 Å². The number of hydrogen-bond donors (Lipinski definition) is 4. The Balaban J connectivity index is 1.44. The van der Waals surface area contributed by atoms with E-state index in [9.17, 15) is 18.0 Å². The molecule has 5 rings (SSSR count). The third kappa shape index (κ3) is 6.14. The third-order valence-corrected chi connectivity index (χ3v) is 6.90. The van der Waals surface area contributed by atoms with E-state index in [1.54, 1.807) is 53.6 Å². The second kappa shape index (κ2) is 11.4. The van der Waals surface area contributed by atoms with Crippen molar-refractivity contribution >= 4 is 29.2 Å². The van der Waals surface area contributed by atoms with Crippen LogP contribution in [0.15, 0.2) is 71.3 Å². The molecule has 0 bridgehead atoms. The third-order valence-electron chi connectivity index (χ3n) is 6.90. The molecule has 1 atom stereocenters. The first-order valence-corrected chi connectivity index (χ1v) is 13.1. The molecule has 13 heteroatoms. The Morgan fingerprint density at radius 1 is 1.14 bits per heavy atom. The Hall–Kier alpha value is -5.07. The standard InChI is InChI=1S/C29H29F3N8O2/c1-17-11-12-39(2)23-10-9-22(18-5-3-7-20(13-18)29(30,31)32)38-26(23)40(17)28(41)37-21-8-4-6-19(14-21)24-15-35-25(42-24)16-36-27(33)34/h3-10,13-15,17H,11-12,16H2,1-2H3,(H,37,41)(H4,33,34,36)/t17-/m1/s1. The molecule has 42 heavy (non-hydrogen) atoms. The van der Waals surface area contributed by atoms with Crippen LogP contribution in [-0.4, -0.2) is 41.6 Å². The van der Waals surface area contributed by atoms with Gasteiger partial charge in [0.15, 0.2) is 17.5 Å². The van der Waals surface area contributed by atoms with Gasteiger partial charge in [-0.25, -0.2) is 14.8 Å². The summed E-state index contributed by atoms with van der Waals surface area (Å²) in [5.74, 6) is 0.959. The number of guanidine groups is 1. The predicted molar refractivity (Wildman–Crippen MR) is 154 cm³/mol. The molecule has 0 aliphatic carbocycles. The number of halogens is 3. The number of aromatic nitrogens is 2. The van der Waals surface area contributed by atoms with Crippen molar-refractivity contribution in [2.24, 2.45) is 5.73 Å². The first-order valence-electron chi connectivity index (χ1n) is 13.1. The van der Waals surface area contributed by atoms with E-state index in [1.807, 2.05) is 18.9 Å². The van der Waals surface area contributed by atoms with Gasteiger partial charge in [0.25, 0.3) is 0 Å². The van der Waals surface area contributed by atoms with E-state index in [0.29, 0.717) is 58.6 Å². The minimum Gasteiger partial charge on any atom is -0.439 e. The molecule has 0 fully saturated rings. The fourth-order valence-electron chi connectivity index (χ4n) is 4.70. The van der Waals surface area contributed by atoms with Gasteiger partial charge in [0.05, 0.1) is 29.7 Å². The number of anilines is 3. The van der Waals surface area contributed by atoms with Crippen molar-refractivity contribution in [3.05, 3.63) is 78.3 Å². The van der Waals surface area contributed by atoms with Gasteiger partial charge in [-0.1, -0.05) is 24.3 Å². The lowest BCUT2D eigenvalue weighted by Gasteiger charge is -2.28. The van der Waals surface area contributed by atoms with E-state index in [0.717, 1.165) is 12.1 Å². The number of carbonyl (C=O) groups excluding carboxylic acids is 1. The highest BCUT2D eigenvalue weighted by molar-refractivity contribution is 6.04. The van der Waals surface area contributed by atoms with Crippen LogP contribution >= 0.6 is 0 Å². The molecule has 218 valence electrons. The molecule has 1 aliphatic heterocycles. The topological polar surface area (TPSA) is 136 Å². The van der Waals surface area contributed by atoms with Crippen LogP contribution in [0.4, 0.5) is 35.2 Å².